The lowest BCUT2D eigenvalue weighted by Gasteiger charge is -2.37. The highest BCUT2D eigenvalue weighted by Gasteiger charge is 2.47. The molecule has 0 aromatic carbocycles. The lowest BCUT2D eigenvalue weighted by molar-refractivity contribution is 0.00768. The van der Waals surface area contributed by atoms with Crippen LogP contribution in [0, 0.1) is 0 Å². The van der Waals surface area contributed by atoms with Gasteiger partial charge in [0.25, 0.3) is 0 Å². The first-order chi connectivity index (χ1) is 4.96. The third-order valence-electron chi connectivity index (χ3n) is 2.21. The Labute approximate surface area is 81.6 Å². The zero-order chi connectivity index (χ0) is 8.54. The van der Waals surface area contributed by atoms with E-state index in [0.29, 0.717) is 12.8 Å². The normalized spacial score (nSPS) is 25.1. The van der Waals surface area contributed by atoms with Crippen LogP contribution >= 0.6 is 34.8 Å². The number of aliphatic hydroxyl groups is 1. The predicted octanol–water partition coefficient (Wildman–Crippen LogP) is 3.05. The van der Waals surface area contributed by atoms with Crippen LogP contribution in [0.2, 0.25) is 0 Å². The van der Waals surface area contributed by atoms with Crippen molar-refractivity contribution in [1.29, 1.82) is 0 Å². The van der Waals surface area contributed by atoms with E-state index in [2.05, 4.69) is 0 Å². The highest BCUT2D eigenvalue weighted by atomic mass is 35.6. The van der Waals surface area contributed by atoms with Gasteiger partial charge in [0.2, 0.25) is 3.79 Å². The Balaban J connectivity index is 2.64. The summed E-state index contributed by atoms with van der Waals surface area (Å²) in [6.45, 7) is 0. The number of rotatable bonds is 0. The SMILES string of the molecule is OC1(C(Cl)(Cl)Cl)CCCCC1. The van der Waals surface area contributed by atoms with E-state index >= 15 is 0 Å². The zero-order valence-corrected chi connectivity index (χ0v) is 8.38. The van der Waals surface area contributed by atoms with Crippen molar-refractivity contribution in [1.82, 2.24) is 0 Å². The summed E-state index contributed by atoms with van der Waals surface area (Å²) >= 11 is 16.9. The summed E-state index contributed by atoms with van der Waals surface area (Å²) in [6.07, 6.45) is 4.23. The standard InChI is InChI=1S/C7H11Cl3O/c8-7(9,10)6(11)4-2-1-3-5-6/h11H,1-5H2. The molecule has 0 aromatic rings. The van der Waals surface area contributed by atoms with Crippen molar-refractivity contribution in [2.24, 2.45) is 0 Å². The van der Waals surface area contributed by atoms with Crippen molar-refractivity contribution in [2.45, 2.75) is 41.5 Å². The number of halogens is 3. The van der Waals surface area contributed by atoms with Crippen LogP contribution in [0.3, 0.4) is 0 Å². The molecule has 0 bridgehead atoms. The third kappa shape index (κ3) is 2.15. The second-order valence-electron chi connectivity index (χ2n) is 3.09. The van der Waals surface area contributed by atoms with Crippen molar-refractivity contribution < 1.29 is 5.11 Å². The summed E-state index contributed by atoms with van der Waals surface area (Å²) in [5, 5.41) is 9.81. The summed E-state index contributed by atoms with van der Waals surface area (Å²) in [4.78, 5) is 0. The highest BCUT2D eigenvalue weighted by Crippen LogP contribution is 2.46. The van der Waals surface area contributed by atoms with Crippen LogP contribution in [0.5, 0.6) is 0 Å². The molecule has 0 unspecified atom stereocenters. The zero-order valence-electron chi connectivity index (χ0n) is 6.12. The van der Waals surface area contributed by atoms with Gasteiger partial charge >= 0.3 is 0 Å². The lowest BCUT2D eigenvalue weighted by atomic mass is 9.86. The molecule has 0 aliphatic heterocycles. The van der Waals surface area contributed by atoms with Crippen molar-refractivity contribution >= 4 is 34.8 Å². The summed E-state index contributed by atoms with van der Waals surface area (Å²) < 4.78 is -1.52. The molecule has 1 nitrogen and oxygen atoms in total. The summed E-state index contributed by atoms with van der Waals surface area (Å²) in [5.74, 6) is 0. The Morgan fingerprint density at radius 1 is 1.00 bits per heavy atom. The second kappa shape index (κ2) is 3.29. The summed E-state index contributed by atoms with van der Waals surface area (Å²) in [7, 11) is 0. The fraction of sp³-hybridized carbons (Fsp3) is 1.00. The molecule has 0 aromatic heterocycles. The molecule has 1 aliphatic rings. The van der Waals surface area contributed by atoms with E-state index < -0.39 is 9.39 Å². The van der Waals surface area contributed by atoms with Crippen LogP contribution in [0.25, 0.3) is 0 Å². The van der Waals surface area contributed by atoms with Gasteiger partial charge in [-0.3, -0.25) is 0 Å². The first-order valence-corrected chi connectivity index (χ1v) is 4.88. The second-order valence-corrected chi connectivity index (χ2v) is 5.37. The molecule has 0 saturated heterocycles. The van der Waals surface area contributed by atoms with Gasteiger partial charge in [0.05, 0.1) is 0 Å². The van der Waals surface area contributed by atoms with E-state index in [1.807, 2.05) is 0 Å². The molecule has 0 radical (unpaired) electrons. The van der Waals surface area contributed by atoms with E-state index in [1.54, 1.807) is 0 Å². The molecule has 0 heterocycles. The van der Waals surface area contributed by atoms with Crippen LogP contribution in [0.15, 0.2) is 0 Å². The molecule has 1 saturated carbocycles. The van der Waals surface area contributed by atoms with Gasteiger partial charge in [0.15, 0.2) is 0 Å². The highest BCUT2D eigenvalue weighted by molar-refractivity contribution is 6.68. The Bertz CT molecular complexity index is 135. The maximum atomic E-state index is 9.81. The Morgan fingerprint density at radius 3 is 1.73 bits per heavy atom. The van der Waals surface area contributed by atoms with E-state index in [0.717, 1.165) is 19.3 Å². The van der Waals surface area contributed by atoms with Crippen LogP contribution in [-0.2, 0) is 0 Å². The van der Waals surface area contributed by atoms with E-state index in [4.69, 9.17) is 34.8 Å². The molecular formula is C7H11Cl3O. The quantitative estimate of drug-likeness (QED) is 0.619. The average Bonchev–Trinajstić information content (AvgIpc) is 1.87. The number of hydrogen-bond acceptors (Lipinski definition) is 1. The first-order valence-electron chi connectivity index (χ1n) is 3.75. The van der Waals surface area contributed by atoms with E-state index in [1.165, 1.54) is 0 Å². The summed E-state index contributed by atoms with van der Waals surface area (Å²) in [5.41, 5.74) is -1.09. The molecule has 1 N–H and O–H groups in total. The van der Waals surface area contributed by atoms with Crippen LogP contribution < -0.4 is 0 Å². The molecule has 4 heteroatoms. The molecule has 0 spiro atoms. The minimum atomic E-state index is -1.52. The van der Waals surface area contributed by atoms with Crippen molar-refractivity contribution in [3.05, 3.63) is 0 Å². The third-order valence-corrected chi connectivity index (χ3v) is 3.26. The Hall–Kier alpha value is 0.830. The lowest BCUT2D eigenvalue weighted by Crippen LogP contribution is -2.44. The van der Waals surface area contributed by atoms with Gasteiger partial charge in [-0.15, -0.1) is 0 Å². The Kier molecular flexibility index (Phi) is 2.97. The van der Waals surface area contributed by atoms with E-state index in [-0.39, 0.29) is 0 Å². The van der Waals surface area contributed by atoms with Gasteiger partial charge in [0.1, 0.15) is 5.60 Å². The smallest absolute Gasteiger partial charge is 0.218 e. The number of hydrogen-bond donors (Lipinski definition) is 1. The molecule has 1 fully saturated rings. The topological polar surface area (TPSA) is 20.2 Å². The minimum Gasteiger partial charge on any atom is -0.385 e. The first kappa shape index (κ1) is 9.91. The Morgan fingerprint density at radius 2 is 1.45 bits per heavy atom. The fourth-order valence-corrected chi connectivity index (χ4v) is 1.99. The molecule has 11 heavy (non-hydrogen) atoms. The fourth-order valence-electron chi connectivity index (χ4n) is 1.42. The van der Waals surface area contributed by atoms with Gasteiger partial charge in [-0.2, -0.15) is 0 Å². The van der Waals surface area contributed by atoms with E-state index in [9.17, 15) is 5.11 Å². The minimum absolute atomic E-state index is 0.601. The van der Waals surface area contributed by atoms with Crippen molar-refractivity contribution in [3.63, 3.8) is 0 Å². The van der Waals surface area contributed by atoms with Crippen molar-refractivity contribution in [2.75, 3.05) is 0 Å². The van der Waals surface area contributed by atoms with Gasteiger partial charge in [-0.1, -0.05) is 54.1 Å². The summed E-state index contributed by atoms with van der Waals surface area (Å²) in [6, 6.07) is 0. The van der Waals surface area contributed by atoms with Gasteiger partial charge < -0.3 is 5.11 Å². The average molecular weight is 218 g/mol. The van der Waals surface area contributed by atoms with Crippen molar-refractivity contribution in [3.8, 4) is 0 Å². The molecular weight excluding hydrogens is 206 g/mol. The predicted molar refractivity (Wildman–Crippen MR) is 48.3 cm³/mol. The largest absolute Gasteiger partial charge is 0.385 e. The molecule has 1 aliphatic carbocycles. The van der Waals surface area contributed by atoms with Crippen LogP contribution in [-0.4, -0.2) is 14.5 Å². The maximum Gasteiger partial charge on any atom is 0.218 e. The number of alkyl halides is 3. The monoisotopic (exact) mass is 216 g/mol. The van der Waals surface area contributed by atoms with Crippen LogP contribution in [0.4, 0.5) is 0 Å². The van der Waals surface area contributed by atoms with Crippen LogP contribution in [0.1, 0.15) is 32.1 Å². The van der Waals surface area contributed by atoms with Gasteiger partial charge in [-0.25, -0.2) is 0 Å². The van der Waals surface area contributed by atoms with Gasteiger partial charge in [0, 0.05) is 0 Å². The molecule has 0 amide bonds. The molecule has 1 rings (SSSR count). The van der Waals surface area contributed by atoms with Gasteiger partial charge in [-0.05, 0) is 12.8 Å². The molecule has 0 atom stereocenters. The maximum absolute atomic E-state index is 9.81. The molecule has 66 valence electrons.